The average Bonchev–Trinajstić information content (AvgIpc) is 3.29. The molecule has 3 saturated carbocycles. The molecule has 10 heteroatoms. The van der Waals surface area contributed by atoms with E-state index in [1.54, 1.807) is 4.90 Å². The summed E-state index contributed by atoms with van der Waals surface area (Å²) in [5, 5.41) is 16.9. The minimum Gasteiger partial charge on any atom is -0.424 e. The summed E-state index contributed by atoms with van der Waals surface area (Å²) in [6, 6.07) is 5.80. The van der Waals surface area contributed by atoms with Crippen LogP contribution in [-0.2, 0) is 14.4 Å². The van der Waals surface area contributed by atoms with E-state index in [9.17, 15) is 19.5 Å². The van der Waals surface area contributed by atoms with Crippen LogP contribution in [0.3, 0.4) is 0 Å². The number of para-hydroxylation sites is 2. The van der Waals surface area contributed by atoms with Gasteiger partial charge in [-0.3, -0.25) is 14.4 Å². The van der Waals surface area contributed by atoms with Crippen molar-refractivity contribution in [3.8, 4) is 0 Å². The first-order valence-electron chi connectivity index (χ1n) is 15.4. The van der Waals surface area contributed by atoms with E-state index in [4.69, 9.17) is 10.2 Å². The van der Waals surface area contributed by atoms with Gasteiger partial charge in [0.1, 0.15) is 17.6 Å². The van der Waals surface area contributed by atoms with Crippen LogP contribution in [0.4, 0.5) is 6.01 Å². The number of anilines is 1. The minimum absolute atomic E-state index is 0.0119. The molecule has 2 aromatic rings. The average molecular weight is 566 g/mol. The number of amides is 3. The summed E-state index contributed by atoms with van der Waals surface area (Å²) in [4.78, 5) is 46.6. The number of aromatic nitrogens is 1. The van der Waals surface area contributed by atoms with Crippen LogP contribution in [-0.4, -0.2) is 63.5 Å². The van der Waals surface area contributed by atoms with E-state index < -0.39 is 30.1 Å². The van der Waals surface area contributed by atoms with Crippen molar-refractivity contribution in [1.82, 2.24) is 15.2 Å². The number of carbonyl (C=O) groups is 3. The maximum Gasteiger partial charge on any atom is 0.296 e. The fraction of sp³-hybridized carbons (Fsp3) is 0.677. The molecule has 3 aliphatic carbocycles. The van der Waals surface area contributed by atoms with E-state index in [1.165, 1.54) is 0 Å². The lowest BCUT2D eigenvalue weighted by Gasteiger charge is -2.37. The highest BCUT2D eigenvalue weighted by molar-refractivity contribution is 5.93. The van der Waals surface area contributed by atoms with Crippen LogP contribution in [0.5, 0.6) is 0 Å². The Bertz CT molecular complexity index is 1270. The monoisotopic (exact) mass is 565 g/mol. The number of nitrogens with zero attached hydrogens (tertiary/aromatic N) is 2. The number of hydrogen-bond acceptors (Lipinski definition) is 7. The molecule has 41 heavy (non-hydrogen) atoms. The Hall–Kier alpha value is -3.14. The highest BCUT2D eigenvalue weighted by Crippen LogP contribution is 2.65. The predicted octanol–water partition coefficient (Wildman–Crippen LogP) is 3.19. The third-order valence-electron chi connectivity index (χ3n) is 10.5. The first-order valence-corrected chi connectivity index (χ1v) is 15.4. The number of oxazole rings is 1. The summed E-state index contributed by atoms with van der Waals surface area (Å²) in [5.74, 6) is -0.612. The lowest BCUT2D eigenvalue weighted by molar-refractivity contribution is -0.143. The lowest BCUT2D eigenvalue weighted by atomic mass is 9.79. The van der Waals surface area contributed by atoms with Gasteiger partial charge < -0.3 is 30.8 Å². The summed E-state index contributed by atoms with van der Waals surface area (Å²) in [6.45, 7) is 4.78. The molecule has 4 fully saturated rings. The van der Waals surface area contributed by atoms with Gasteiger partial charge in [-0.1, -0.05) is 64.5 Å². The van der Waals surface area contributed by atoms with Crippen LogP contribution < -0.4 is 16.4 Å². The fourth-order valence-corrected chi connectivity index (χ4v) is 7.73. The minimum atomic E-state index is -1.47. The van der Waals surface area contributed by atoms with Crippen LogP contribution >= 0.6 is 0 Å². The number of fused-ring (bicyclic) bond motifs is 2. The number of rotatable bonds is 10. The smallest absolute Gasteiger partial charge is 0.296 e. The molecule has 3 unspecified atom stereocenters. The van der Waals surface area contributed by atoms with E-state index in [2.05, 4.69) is 29.5 Å². The number of carbonyl (C=O) groups excluding carboxylic acids is 3. The van der Waals surface area contributed by atoms with Crippen LogP contribution in [0.1, 0.15) is 71.6 Å². The molecule has 1 aromatic carbocycles. The van der Waals surface area contributed by atoms with Crippen LogP contribution in [0, 0.1) is 29.1 Å². The molecule has 2 heterocycles. The summed E-state index contributed by atoms with van der Waals surface area (Å²) in [5.41, 5.74) is 6.75. The molecule has 0 bridgehead atoms. The number of nitrogens with one attached hydrogen (secondary N) is 2. The molecule has 3 amide bonds. The lowest BCUT2D eigenvalue weighted by Crippen LogP contribution is -2.59. The van der Waals surface area contributed by atoms with Gasteiger partial charge in [0.25, 0.3) is 6.01 Å². The van der Waals surface area contributed by atoms with E-state index in [1.807, 2.05) is 24.3 Å². The van der Waals surface area contributed by atoms with Crippen molar-refractivity contribution >= 4 is 34.8 Å². The zero-order chi connectivity index (χ0) is 28.9. The molecule has 10 nitrogen and oxygen atoms in total. The number of benzene rings is 1. The summed E-state index contributed by atoms with van der Waals surface area (Å²) < 4.78 is 5.95. The summed E-state index contributed by atoms with van der Waals surface area (Å²) in [7, 11) is 0. The van der Waals surface area contributed by atoms with Gasteiger partial charge in [-0.2, -0.15) is 4.98 Å². The van der Waals surface area contributed by atoms with Crippen molar-refractivity contribution < 1.29 is 23.9 Å². The van der Waals surface area contributed by atoms with Crippen LogP contribution in [0.15, 0.2) is 28.7 Å². The third-order valence-corrected chi connectivity index (χ3v) is 10.5. The molecule has 1 aliphatic heterocycles. The van der Waals surface area contributed by atoms with E-state index in [0.717, 1.165) is 56.9 Å². The zero-order valence-corrected chi connectivity index (χ0v) is 24.1. The number of piperidine rings is 1. The van der Waals surface area contributed by atoms with E-state index in [-0.39, 0.29) is 35.0 Å². The predicted molar refractivity (Wildman–Crippen MR) is 153 cm³/mol. The standard InChI is InChI=1S/C31H43N5O5/c1-31(2)19-16-36(25(23(19)31)28(39)33-21(26(37)27(32)38)15-17-9-8-10-17)29(40)24(18-11-4-3-5-12-18)35-30-34-20-13-6-7-14-22(20)41-30/h6-7,13-14,17-19,21,23-26,37H,3-5,8-12,15-16H2,1-2H3,(H2,32,38)(H,33,39)(H,34,35)/t19-,21?,23?,24-,25-,26?/m0/s1. The Balaban J connectivity index is 1.25. The molecule has 1 aromatic heterocycles. The molecule has 0 spiro atoms. The van der Waals surface area contributed by atoms with Crippen molar-refractivity contribution in [2.24, 2.45) is 34.8 Å². The van der Waals surface area contributed by atoms with Crippen molar-refractivity contribution in [1.29, 1.82) is 0 Å². The third kappa shape index (κ3) is 5.31. The number of primary amides is 1. The number of nitrogens with two attached hydrogens (primary N) is 1. The van der Waals surface area contributed by atoms with E-state index >= 15 is 0 Å². The summed E-state index contributed by atoms with van der Waals surface area (Å²) in [6.07, 6.45) is 7.25. The maximum atomic E-state index is 14.4. The first kappa shape index (κ1) is 28.0. The number of aliphatic hydroxyl groups excluding tert-OH is 1. The van der Waals surface area contributed by atoms with Crippen molar-refractivity contribution in [2.75, 3.05) is 11.9 Å². The topological polar surface area (TPSA) is 151 Å². The second-order valence-electron chi connectivity index (χ2n) is 13.4. The molecule has 1 saturated heterocycles. The van der Waals surface area contributed by atoms with Gasteiger partial charge in [0.05, 0.1) is 6.04 Å². The van der Waals surface area contributed by atoms with Crippen LogP contribution in [0.2, 0.25) is 0 Å². The zero-order valence-electron chi connectivity index (χ0n) is 24.1. The highest BCUT2D eigenvalue weighted by atomic mass is 16.4. The molecule has 6 rings (SSSR count). The molecule has 222 valence electrons. The maximum absolute atomic E-state index is 14.4. The summed E-state index contributed by atoms with van der Waals surface area (Å²) >= 11 is 0. The molecule has 4 aliphatic rings. The highest BCUT2D eigenvalue weighted by Gasteiger charge is 2.69. The Morgan fingerprint density at radius 3 is 2.51 bits per heavy atom. The van der Waals surface area contributed by atoms with Gasteiger partial charge in [0.2, 0.25) is 17.7 Å². The number of likely N-dealkylation sites (tertiary alicyclic amines) is 1. The van der Waals surface area contributed by atoms with Crippen LogP contribution in [0.25, 0.3) is 11.1 Å². The Morgan fingerprint density at radius 2 is 1.85 bits per heavy atom. The molecule has 5 N–H and O–H groups in total. The van der Waals surface area contributed by atoms with Gasteiger partial charge >= 0.3 is 0 Å². The molecule has 0 radical (unpaired) electrons. The second-order valence-corrected chi connectivity index (χ2v) is 13.4. The molecular formula is C31H43N5O5. The van der Waals surface area contributed by atoms with E-state index in [0.29, 0.717) is 30.5 Å². The second kappa shape index (κ2) is 10.9. The van der Waals surface area contributed by atoms with Crippen molar-refractivity contribution in [3.05, 3.63) is 24.3 Å². The molecular weight excluding hydrogens is 522 g/mol. The van der Waals surface area contributed by atoms with Gasteiger partial charge in [0.15, 0.2) is 11.7 Å². The Labute approximate surface area is 240 Å². The van der Waals surface area contributed by atoms with Gasteiger partial charge in [-0.05, 0) is 60.5 Å². The largest absolute Gasteiger partial charge is 0.424 e. The fourth-order valence-electron chi connectivity index (χ4n) is 7.73. The van der Waals surface area contributed by atoms with Gasteiger partial charge in [0, 0.05) is 6.54 Å². The molecule has 6 atom stereocenters. The van der Waals surface area contributed by atoms with Gasteiger partial charge in [-0.15, -0.1) is 0 Å². The Morgan fingerprint density at radius 1 is 1.12 bits per heavy atom. The number of aliphatic hydroxyl groups is 1. The Kier molecular flexibility index (Phi) is 7.46. The van der Waals surface area contributed by atoms with Crippen molar-refractivity contribution in [3.63, 3.8) is 0 Å². The SMILES string of the molecule is CC1(C)C2[C@@H](C(=O)NC(CC3CCC3)C(O)C(N)=O)N(C(=O)[C@@H](Nc3nc4ccccc4o3)C3CCCCC3)C[C@@H]21. The first-order chi connectivity index (χ1) is 19.6. The normalized spacial score (nSPS) is 27.9. The van der Waals surface area contributed by atoms with Gasteiger partial charge in [-0.25, -0.2) is 0 Å². The number of hydrogen-bond donors (Lipinski definition) is 4. The van der Waals surface area contributed by atoms with Crippen molar-refractivity contribution in [2.45, 2.75) is 95.9 Å². The quantitative estimate of drug-likeness (QED) is 0.345.